The van der Waals surface area contributed by atoms with Gasteiger partial charge in [0.2, 0.25) is 0 Å². The second-order valence-electron chi connectivity index (χ2n) is 8.85. The van der Waals surface area contributed by atoms with E-state index in [4.69, 9.17) is 29.0 Å². The molecule has 0 spiro atoms. The third-order valence-electron chi connectivity index (χ3n) is 4.43. The minimum Gasteiger partial charge on any atom is -0.465 e. The van der Waals surface area contributed by atoms with Crippen LogP contribution in [0.1, 0.15) is 12.0 Å². The van der Waals surface area contributed by atoms with Crippen molar-refractivity contribution in [1.82, 2.24) is 15.3 Å². The summed E-state index contributed by atoms with van der Waals surface area (Å²) in [6.07, 6.45) is 3.35. The molecule has 0 aliphatic rings. The number of nitrogens with zero attached hydrogens (tertiary/aromatic N) is 5. The van der Waals surface area contributed by atoms with Gasteiger partial charge in [-0.3, -0.25) is 0 Å². The highest BCUT2D eigenvalue weighted by atomic mass is 32.2. The predicted octanol–water partition coefficient (Wildman–Crippen LogP) is 4.05. The number of amides is 1. The van der Waals surface area contributed by atoms with Gasteiger partial charge in [-0.25, -0.2) is 14.8 Å². The van der Waals surface area contributed by atoms with Crippen LogP contribution in [0.2, 0.25) is 32.2 Å². The summed E-state index contributed by atoms with van der Waals surface area (Å²) < 4.78 is 22.8. The Balaban J connectivity index is 2.21. The third-order valence-corrected chi connectivity index (χ3v) is 14.2. The molecule has 0 saturated heterocycles. The fourth-order valence-electron chi connectivity index (χ4n) is 3.05. The first-order chi connectivity index (χ1) is 16.6. The molecule has 0 saturated carbocycles. The zero-order valence-corrected chi connectivity index (χ0v) is 23.9. The highest BCUT2D eigenvalue weighted by molar-refractivity contribution is 8.00. The molecule has 1 heterocycles. The Hall–Kier alpha value is -1.72. The van der Waals surface area contributed by atoms with Crippen molar-refractivity contribution in [2.24, 2.45) is 5.11 Å². The maximum absolute atomic E-state index is 10.6. The molecule has 0 bridgehead atoms. The molecular weight excluding hydrogens is 508 g/mol. The van der Waals surface area contributed by atoms with Crippen LogP contribution in [0.15, 0.2) is 22.7 Å². The highest BCUT2D eigenvalue weighted by Gasteiger charge is 2.33. The Labute approximate surface area is 213 Å². The molecular formula is C20H38N6O6SSi2. The first-order valence-corrected chi connectivity index (χ1v) is 18.7. The van der Waals surface area contributed by atoms with E-state index in [2.05, 4.69) is 51.5 Å². The number of rotatable bonds is 20. The lowest BCUT2D eigenvalue weighted by molar-refractivity contribution is 0.0118. The summed E-state index contributed by atoms with van der Waals surface area (Å²) in [7, 11) is -3.79. The largest absolute Gasteiger partial charge is 0.465 e. The standard InChI is InChI=1S/C20H38N6O6SSi2/c1-34(2,13-5-6-22-20(27)28)32-35(3,4)17-33-19-23-14-18(15-24-19)16-31-12-11-30-10-9-29-8-7-25-26-21/h14-15,22H,5-13,16-17H2,1-4H3,(H,27,28). The Morgan fingerprint density at radius 2 is 1.71 bits per heavy atom. The number of carboxylic acid groups (broad SMARTS) is 1. The van der Waals surface area contributed by atoms with Gasteiger partial charge in [0.25, 0.3) is 0 Å². The van der Waals surface area contributed by atoms with E-state index >= 15 is 0 Å². The smallest absolute Gasteiger partial charge is 0.404 e. The topological polar surface area (TPSA) is 161 Å². The molecule has 1 aromatic rings. The van der Waals surface area contributed by atoms with Gasteiger partial charge in [-0.2, -0.15) is 0 Å². The van der Waals surface area contributed by atoms with Crippen LogP contribution in [0.25, 0.3) is 10.4 Å². The van der Waals surface area contributed by atoms with E-state index in [1.54, 1.807) is 24.2 Å². The maximum Gasteiger partial charge on any atom is 0.404 e. The van der Waals surface area contributed by atoms with Crippen molar-refractivity contribution in [3.63, 3.8) is 0 Å². The van der Waals surface area contributed by atoms with Gasteiger partial charge in [0.05, 0.1) is 39.6 Å². The van der Waals surface area contributed by atoms with E-state index < -0.39 is 22.7 Å². The minimum atomic E-state index is -1.92. The van der Waals surface area contributed by atoms with Crippen LogP contribution in [0.3, 0.4) is 0 Å². The molecule has 0 aliphatic heterocycles. The molecule has 2 N–H and O–H groups in total. The van der Waals surface area contributed by atoms with E-state index in [-0.39, 0.29) is 0 Å². The Morgan fingerprint density at radius 1 is 1.09 bits per heavy atom. The summed E-state index contributed by atoms with van der Waals surface area (Å²) in [6, 6.07) is 0.914. The summed E-state index contributed by atoms with van der Waals surface area (Å²) in [6.45, 7) is 12.2. The van der Waals surface area contributed by atoms with Crippen LogP contribution < -0.4 is 5.32 Å². The van der Waals surface area contributed by atoms with Crippen LogP contribution in [-0.2, 0) is 24.9 Å². The van der Waals surface area contributed by atoms with E-state index in [0.29, 0.717) is 57.9 Å². The lowest BCUT2D eigenvalue weighted by Crippen LogP contribution is -2.46. The average molecular weight is 547 g/mol. The van der Waals surface area contributed by atoms with Crippen molar-refractivity contribution in [2.45, 2.75) is 50.4 Å². The van der Waals surface area contributed by atoms with Crippen molar-refractivity contribution in [2.75, 3.05) is 51.5 Å². The molecule has 12 nitrogen and oxygen atoms in total. The van der Waals surface area contributed by atoms with Gasteiger partial charge in [-0.15, -0.1) is 0 Å². The number of carbonyl (C=O) groups is 1. The second-order valence-corrected chi connectivity index (χ2v) is 19.0. The monoisotopic (exact) mass is 546 g/mol. The van der Waals surface area contributed by atoms with Crippen LogP contribution in [-0.4, -0.2) is 89.3 Å². The molecule has 1 amide bonds. The zero-order valence-electron chi connectivity index (χ0n) is 21.1. The fraction of sp³-hybridized carbons (Fsp3) is 0.750. The normalized spacial score (nSPS) is 11.8. The zero-order chi connectivity index (χ0) is 26.0. The van der Waals surface area contributed by atoms with Gasteiger partial charge in [0, 0.05) is 41.3 Å². The summed E-state index contributed by atoms with van der Waals surface area (Å²) >= 11 is 1.61. The van der Waals surface area contributed by atoms with Gasteiger partial charge >= 0.3 is 6.09 Å². The molecule has 35 heavy (non-hydrogen) atoms. The second kappa shape index (κ2) is 17.7. The van der Waals surface area contributed by atoms with E-state index in [9.17, 15) is 4.79 Å². The van der Waals surface area contributed by atoms with Crippen molar-refractivity contribution in [3.05, 3.63) is 28.4 Å². The SMILES string of the molecule is C[Si](C)(CCCNC(=O)O)O[Si](C)(C)CSc1ncc(COCCOCCOCCN=[N+]=[N-])cn1. The van der Waals surface area contributed by atoms with Crippen LogP contribution in [0.5, 0.6) is 0 Å². The van der Waals surface area contributed by atoms with E-state index in [0.717, 1.165) is 23.4 Å². The van der Waals surface area contributed by atoms with Crippen LogP contribution in [0.4, 0.5) is 4.79 Å². The van der Waals surface area contributed by atoms with E-state index in [1.807, 2.05) is 0 Å². The molecule has 0 atom stereocenters. The van der Waals surface area contributed by atoms with Crippen molar-refractivity contribution >= 4 is 34.5 Å². The quantitative estimate of drug-likeness (QED) is 0.0467. The third kappa shape index (κ3) is 17.4. The molecule has 15 heteroatoms. The average Bonchev–Trinajstić information content (AvgIpc) is 2.79. The maximum atomic E-state index is 10.6. The number of hydrogen-bond acceptors (Lipinski definition) is 9. The van der Waals surface area contributed by atoms with Gasteiger partial charge in [-0.05, 0) is 44.2 Å². The number of nitrogens with one attached hydrogen (secondary N) is 1. The predicted molar refractivity (Wildman–Crippen MR) is 140 cm³/mol. The van der Waals surface area contributed by atoms with Crippen molar-refractivity contribution < 1.29 is 28.2 Å². The Kier molecular flexibility index (Phi) is 15.8. The Morgan fingerprint density at radius 3 is 2.34 bits per heavy atom. The lowest BCUT2D eigenvalue weighted by Gasteiger charge is -2.33. The van der Waals surface area contributed by atoms with E-state index in [1.165, 1.54) is 0 Å². The summed E-state index contributed by atoms with van der Waals surface area (Å²) in [5, 5.41) is 16.0. The number of azide groups is 1. The first-order valence-electron chi connectivity index (χ1n) is 11.5. The minimum absolute atomic E-state index is 0.321. The number of hydrogen-bond donors (Lipinski definition) is 2. The highest BCUT2D eigenvalue weighted by Crippen LogP contribution is 2.25. The van der Waals surface area contributed by atoms with Gasteiger partial charge in [-0.1, -0.05) is 16.9 Å². The van der Waals surface area contributed by atoms with Crippen LogP contribution >= 0.6 is 11.8 Å². The molecule has 0 unspecified atom stereocenters. The number of ether oxygens (including phenoxy) is 3. The van der Waals surface area contributed by atoms with Gasteiger partial charge in [0.1, 0.15) is 0 Å². The molecule has 0 aromatic carbocycles. The number of thioether (sulfide) groups is 1. The van der Waals surface area contributed by atoms with Gasteiger partial charge in [0.15, 0.2) is 21.8 Å². The van der Waals surface area contributed by atoms with Crippen molar-refractivity contribution in [1.29, 1.82) is 0 Å². The first kappa shape index (κ1) is 31.3. The van der Waals surface area contributed by atoms with Gasteiger partial charge < -0.3 is 28.7 Å². The summed E-state index contributed by atoms with van der Waals surface area (Å²) in [5.74, 6) is 0. The van der Waals surface area contributed by atoms with Crippen LogP contribution in [0, 0.1) is 0 Å². The molecule has 0 fully saturated rings. The Bertz CT molecular complexity index is 784. The number of aromatic nitrogens is 2. The molecule has 0 radical (unpaired) electrons. The molecule has 1 aromatic heterocycles. The summed E-state index contributed by atoms with van der Waals surface area (Å²) in [4.78, 5) is 22.1. The van der Waals surface area contributed by atoms with Crippen molar-refractivity contribution in [3.8, 4) is 0 Å². The molecule has 0 aliphatic carbocycles. The summed E-state index contributed by atoms with van der Waals surface area (Å²) in [5.41, 5.74) is 9.05. The lowest BCUT2D eigenvalue weighted by atomic mass is 10.4. The molecule has 198 valence electrons. The fourth-order valence-corrected chi connectivity index (χ4v) is 13.4. The molecule has 1 rings (SSSR count).